The highest BCUT2D eigenvalue weighted by Crippen LogP contribution is 2.40. The van der Waals surface area contributed by atoms with Crippen LogP contribution in [0.5, 0.6) is 5.75 Å². The summed E-state index contributed by atoms with van der Waals surface area (Å²) in [5.74, 6) is 0.360. The summed E-state index contributed by atoms with van der Waals surface area (Å²) in [4.78, 5) is 28.2. The third-order valence-electron chi connectivity index (χ3n) is 6.65. The van der Waals surface area contributed by atoms with Crippen molar-refractivity contribution >= 4 is 29.8 Å². The lowest BCUT2D eigenvalue weighted by Crippen LogP contribution is -2.34. The van der Waals surface area contributed by atoms with Crippen molar-refractivity contribution in [1.82, 2.24) is 4.90 Å². The van der Waals surface area contributed by atoms with Crippen LogP contribution in [0.4, 0.5) is 0 Å². The average molecular weight is 503 g/mol. The number of nitrogens with zero attached hydrogens (tertiary/aromatic N) is 1. The largest absolute Gasteiger partial charge is 0.507 e. The lowest BCUT2D eigenvalue weighted by Gasteiger charge is -2.28. The smallest absolute Gasteiger partial charge is 0.182 e. The van der Waals surface area contributed by atoms with E-state index in [1.54, 1.807) is 24.1 Å². The number of phenolic OH excluding ortho intramolecular Hbond substituents is 1. The summed E-state index contributed by atoms with van der Waals surface area (Å²) in [5, 5.41) is 19.6. The van der Waals surface area contributed by atoms with Gasteiger partial charge in [0.05, 0.1) is 25.1 Å². The number of amidine groups is 1. The van der Waals surface area contributed by atoms with Crippen LogP contribution >= 0.6 is 12.4 Å². The molecule has 192 valence electrons. The maximum Gasteiger partial charge on any atom is 0.182 e. The quantitative estimate of drug-likeness (QED) is 0.486. The van der Waals surface area contributed by atoms with Crippen LogP contribution in [-0.2, 0) is 20.4 Å². The molecule has 1 atom stereocenters. The van der Waals surface area contributed by atoms with E-state index in [0.717, 1.165) is 23.1 Å². The van der Waals surface area contributed by atoms with Gasteiger partial charge in [0.1, 0.15) is 17.3 Å². The molecule has 0 aromatic heterocycles. The Morgan fingerprint density at radius 2 is 1.69 bits per heavy atom. The lowest BCUT2D eigenvalue weighted by atomic mass is 9.78. The monoisotopic (exact) mass is 502 g/mol. The molecule has 0 amide bonds. The van der Waals surface area contributed by atoms with Crippen molar-refractivity contribution in [2.24, 2.45) is 5.92 Å². The topological polar surface area (TPSA) is 90.7 Å². The molecule has 3 rings (SSSR count). The first-order chi connectivity index (χ1) is 15.7. The summed E-state index contributed by atoms with van der Waals surface area (Å²) in [5.41, 5.74) is 2.41. The Morgan fingerprint density at radius 3 is 2.14 bits per heavy atom. The molecular weight excluding hydrogens is 464 g/mol. The first-order valence-electron chi connectivity index (χ1n) is 12.0. The van der Waals surface area contributed by atoms with E-state index >= 15 is 0 Å². The minimum atomic E-state index is -0.370. The van der Waals surface area contributed by atoms with E-state index in [1.165, 1.54) is 0 Å². The van der Waals surface area contributed by atoms with E-state index < -0.39 is 0 Å². The van der Waals surface area contributed by atoms with Crippen molar-refractivity contribution in [3.8, 4) is 5.75 Å². The molecule has 7 heteroatoms. The second-order valence-electron chi connectivity index (χ2n) is 11.4. The van der Waals surface area contributed by atoms with E-state index in [2.05, 4.69) is 0 Å². The number of ketones is 2. The number of nitrogens with one attached hydrogen (secondary N) is 1. The molecule has 0 saturated carbocycles. The molecule has 1 aromatic rings. The van der Waals surface area contributed by atoms with Crippen LogP contribution < -0.4 is 0 Å². The lowest BCUT2D eigenvalue weighted by molar-refractivity contribution is -0.119. The number of ether oxygens (including phenoxy) is 1. The minimum absolute atomic E-state index is 0. The second-order valence-corrected chi connectivity index (χ2v) is 11.4. The summed E-state index contributed by atoms with van der Waals surface area (Å²) in [7, 11) is 1.57. The van der Waals surface area contributed by atoms with Crippen molar-refractivity contribution < 1.29 is 19.4 Å². The summed E-state index contributed by atoms with van der Waals surface area (Å²) >= 11 is 0. The molecule has 1 heterocycles. The average Bonchev–Trinajstić information content (AvgIpc) is 3.03. The molecule has 35 heavy (non-hydrogen) atoms. The molecule has 1 aromatic carbocycles. The third kappa shape index (κ3) is 5.48. The Bertz CT molecular complexity index is 1070. The highest BCUT2D eigenvalue weighted by atomic mass is 35.5. The van der Waals surface area contributed by atoms with Gasteiger partial charge in [-0.25, -0.2) is 0 Å². The fourth-order valence-electron chi connectivity index (χ4n) is 4.74. The minimum Gasteiger partial charge on any atom is -0.507 e. The molecule has 0 fully saturated rings. The van der Waals surface area contributed by atoms with Gasteiger partial charge in [0, 0.05) is 23.2 Å². The first-order valence-corrected chi connectivity index (χ1v) is 12.0. The highest BCUT2D eigenvalue weighted by Gasteiger charge is 2.40. The molecule has 0 radical (unpaired) electrons. The number of allylic oxidation sites excluding steroid dienone is 1. The van der Waals surface area contributed by atoms with Crippen LogP contribution in [0.3, 0.4) is 0 Å². The number of hydrogen-bond donors (Lipinski definition) is 2. The van der Waals surface area contributed by atoms with Crippen LogP contribution in [0.25, 0.3) is 0 Å². The molecule has 0 saturated heterocycles. The molecule has 1 aliphatic carbocycles. The van der Waals surface area contributed by atoms with Crippen LogP contribution in [0, 0.1) is 11.3 Å². The number of methoxy groups -OCH3 is 1. The number of carbonyl (C=O) groups excluding carboxylic acids is 2. The summed E-state index contributed by atoms with van der Waals surface area (Å²) in [6.45, 7) is 14.4. The van der Waals surface area contributed by atoms with Crippen molar-refractivity contribution in [1.29, 1.82) is 5.41 Å². The summed E-state index contributed by atoms with van der Waals surface area (Å²) in [6, 6.07) is 3.54. The number of carbonyl (C=O) groups is 2. The van der Waals surface area contributed by atoms with Gasteiger partial charge in [-0.05, 0) is 41.0 Å². The maximum atomic E-state index is 13.4. The highest BCUT2D eigenvalue weighted by molar-refractivity contribution is 6.25. The predicted octanol–water partition coefficient (Wildman–Crippen LogP) is 5.71. The normalized spacial score (nSPS) is 18.3. The van der Waals surface area contributed by atoms with E-state index in [0.29, 0.717) is 29.9 Å². The number of halogens is 1. The van der Waals surface area contributed by atoms with Gasteiger partial charge in [-0.1, -0.05) is 54.9 Å². The number of Topliss-reactive ketones (excluding diaryl/α,β-unsaturated/α-hetero) is 2. The van der Waals surface area contributed by atoms with Crippen molar-refractivity contribution in [2.45, 2.75) is 72.1 Å². The van der Waals surface area contributed by atoms with Crippen LogP contribution in [0.2, 0.25) is 0 Å². The van der Waals surface area contributed by atoms with E-state index in [4.69, 9.17) is 10.1 Å². The zero-order valence-electron chi connectivity index (χ0n) is 22.2. The summed E-state index contributed by atoms with van der Waals surface area (Å²) in [6.07, 6.45) is 3.37. The number of rotatable bonds is 6. The molecule has 6 nitrogen and oxygen atoms in total. The van der Waals surface area contributed by atoms with Crippen LogP contribution in [0.1, 0.15) is 82.8 Å². The number of phenols is 1. The van der Waals surface area contributed by atoms with Crippen LogP contribution in [0.15, 0.2) is 35.1 Å². The Hall–Kier alpha value is -2.60. The molecule has 1 unspecified atom stereocenters. The van der Waals surface area contributed by atoms with Gasteiger partial charge in [-0.3, -0.25) is 15.0 Å². The van der Waals surface area contributed by atoms with Gasteiger partial charge < -0.3 is 14.7 Å². The Kier molecular flexibility index (Phi) is 8.33. The zero-order valence-corrected chi connectivity index (χ0v) is 23.0. The number of benzene rings is 1. The van der Waals surface area contributed by atoms with Crippen molar-refractivity contribution in [2.75, 3.05) is 20.2 Å². The zero-order chi connectivity index (χ0) is 25.6. The van der Waals surface area contributed by atoms with Crippen LogP contribution in [-0.4, -0.2) is 47.6 Å². The van der Waals surface area contributed by atoms with Gasteiger partial charge in [-0.2, -0.15) is 0 Å². The molecule has 1 aliphatic heterocycles. The maximum absolute atomic E-state index is 13.4. The fourth-order valence-corrected chi connectivity index (χ4v) is 4.74. The third-order valence-corrected chi connectivity index (χ3v) is 6.65. The van der Waals surface area contributed by atoms with Gasteiger partial charge in [0.15, 0.2) is 11.6 Å². The van der Waals surface area contributed by atoms with E-state index in [-0.39, 0.29) is 58.9 Å². The van der Waals surface area contributed by atoms with Crippen molar-refractivity contribution in [3.63, 3.8) is 0 Å². The molecule has 2 aliphatic rings. The summed E-state index contributed by atoms with van der Waals surface area (Å²) < 4.78 is 5.48. The molecule has 0 spiro atoms. The Morgan fingerprint density at radius 1 is 1.14 bits per heavy atom. The fraction of sp³-hybridized carbons (Fsp3) is 0.536. The van der Waals surface area contributed by atoms with E-state index in [9.17, 15) is 14.7 Å². The molecular formula is C28H39ClN2O4. The number of aromatic hydroxyl groups is 1. The second kappa shape index (κ2) is 10.2. The standard InChI is InChI=1S/C28H38N2O4.ClH/c1-9-10-18-22(34-8)13-17-14-30(26(29)23(17)24(18)32)15-21(31)16-11-19(27(2,3)4)25(33)20(12-16)28(5,6)7;/h11-13,18,29,33H,9-10,14-15H2,1-8H3;1H. The SMILES string of the molecule is CCCC1C(=O)C2=C(C=C1OC)CN(CC(=O)c1cc(C(C)(C)C)c(O)c(C(C)(C)C)c1)C2=N.Cl. The van der Waals surface area contributed by atoms with Gasteiger partial charge >= 0.3 is 0 Å². The Labute approximate surface area is 215 Å². The van der Waals surface area contributed by atoms with Gasteiger partial charge in [0.2, 0.25) is 0 Å². The van der Waals surface area contributed by atoms with Crippen molar-refractivity contribution in [3.05, 3.63) is 51.8 Å². The number of hydrogen-bond acceptors (Lipinski definition) is 5. The molecule has 2 N–H and O–H groups in total. The molecule has 0 bridgehead atoms. The van der Waals surface area contributed by atoms with Gasteiger partial charge in [0.25, 0.3) is 0 Å². The Balaban J connectivity index is 0.00000432. The first kappa shape index (κ1) is 28.6. The van der Waals surface area contributed by atoms with Gasteiger partial charge in [-0.15, -0.1) is 12.4 Å². The predicted molar refractivity (Wildman–Crippen MR) is 142 cm³/mol. The van der Waals surface area contributed by atoms with E-state index in [1.807, 2.05) is 54.5 Å².